The van der Waals surface area contributed by atoms with Crippen molar-refractivity contribution in [1.29, 1.82) is 0 Å². The van der Waals surface area contributed by atoms with Gasteiger partial charge in [0.15, 0.2) is 0 Å². The van der Waals surface area contributed by atoms with Crippen LogP contribution in [0.3, 0.4) is 0 Å². The molecule has 2 rings (SSSR count). The summed E-state index contributed by atoms with van der Waals surface area (Å²) in [5, 5.41) is 10.1. The molecule has 1 amide bonds. The number of carbonyl (C=O) groups is 1. The molecule has 0 bridgehead atoms. The van der Waals surface area contributed by atoms with Crippen molar-refractivity contribution in [2.75, 3.05) is 39.3 Å². The van der Waals surface area contributed by atoms with E-state index in [4.69, 9.17) is 4.74 Å². The maximum Gasteiger partial charge on any atom is 0.222 e. The Bertz CT molecular complexity index is 485. The van der Waals surface area contributed by atoms with Gasteiger partial charge in [0, 0.05) is 39.1 Å². The van der Waals surface area contributed by atoms with E-state index in [2.05, 4.69) is 4.90 Å². The first-order chi connectivity index (χ1) is 10.6. The zero-order valence-electron chi connectivity index (χ0n) is 13.5. The zero-order valence-corrected chi connectivity index (χ0v) is 13.5. The van der Waals surface area contributed by atoms with Crippen molar-refractivity contribution < 1.29 is 14.6 Å². The van der Waals surface area contributed by atoms with Crippen LogP contribution in [0.5, 0.6) is 5.75 Å². The molecular formula is C17H26N2O3. The third-order valence-corrected chi connectivity index (χ3v) is 3.93. The first-order valence-corrected chi connectivity index (χ1v) is 7.96. The smallest absolute Gasteiger partial charge is 0.222 e. The highest BCUT2D eigenvalue weighted by molar-refractivity contribution is 5.75. The number of carbonyl (C=O) groups excluding carboxylic acids is 1. The van der Waals surface area contributed by atoms with E-state index >= 15 is 0 Å². The lowest BCUT2D eigenvalue weighted by Crippen LogP contribution is -2.50. The number of benzene rings is 1. The van der Waals surface area contributed by atoms with Crippen molar-refractivity contribution in [2.45, 2.75) is 26.4 Å². The average Bonchev–Trinajstić information content (AvgIpc) is 2.53. The molecule has 5 nitrogen and oxygen atoms in total. The highest BCUT2D eigenvalue weighted by Crippen LogP contribution is 2.13. The van der Waals surface area contributed by atoms with Gasteiger partial charge in [0.25, 0.3) is 0 Å². The van der Waals surface area contributed by atoms with Crippen LogP contribution in [-0.2, 0) is 4.79 Å². The van der Waals surface area contributed by atoms with Gasteiger partial charge in [-0.2, -0.15) is 0 Å². The molecule has 0 aromatic heterocycles. The summed E-state index contributed by atoms with van der Waals surface area (Å²) in [6.07, 6.45) is 0.0430. The lowest BCUT2D eigenvalue weighted by atomic mass is 10.2. The van der Waals surface area contributed by atoms with Crippen LogP contribution in [0.15, 0.2) is 24.3 Å². The molecule has 1 atom stereocenters. The summed E-state index contributed by atoms with van der Waals surface area (Å²) in [5.74, 6) is 1.00. The van der Waals surface area contributed by atoms with E-state index in [1.54, 1.807) is 0 Å². The average molecular weight is 306 g/mol. The fraction of sp³-hybridized carbons (Fsp3) is 0.588. The summed E-state index contributed by atoms with van der Waals surface area (Å²) >= 11 is 0. The Morgan fingerprint density at radius 2 is 2.05 bits per heavy atom. The topological polar surface area (TPSA) is 53.0 Å². The quantitative estimate of drug-likeness (QED) is 0.860. The first-order valence-electron chi connectivity index (χ1n) is 7.96. The van der Waals surface area contributed by atoms with Gasteiger partial charge in [-0.1, -0.05) is 19.1 Å². The SMILES string of the molecule is CCC(=O)N1CCN(CC(O)COc2cccc(C)c2)CC1. The van der Waals surface area contributed by atoms with Crippen LogP contribution in [0.25, 0.3) is 0 Å². The van der Waals surface area contributed by atoms with Gasteiger partial charge in [-0.3, -0.25) is 9.69 Å². The molecule has 1 aromatic rings. The van der Waals surface area contributed by atoms with Crippen molar-refractivity contribution >= 4 is 5.91 Å². The predicted octanol–water partition coefficient (Wildman–Crippen LogP) is 1.29. The molecule has 0 spiro atoms. The maximum atomic E-state index is 11.6. The lowest BCUT2D eigenvalue weighted by molar-refractivity contribution is -0.132. The second-order valence-corrected chi connectivity index (χ2v) is 5.82. The summed E-state index contributed by atoms with van der Waals surface area (Å²) in [7, 11) is 0. The highest BCUT2D eigenvalue weighted by atomic mass is 16.5. The van der Waals surface area contributed by atoms with Gasteiger partial charge in [0.1, 0.15) is 18.5 Å². The molecule has 1 aliphatic rings. The molecule has 122 valence electrons. The molecule has 1 unspecified atom stereocenters. The van der Waals surface area contributed by atoms with Gasteiger partial charge in [-0.15, -0.1) is 0 Å². The Morgan fingerprint density at radius 1 is 1.32 bits per heavy atom. The Morgan fingerprint density at radius 3 is 2.68 bits per heavy atom. The molecule has 1 aliphatic heterocycles. The minimum Gasteiger partial charge on any atom is -0.491 e. The minimum atomic E-state index is -0.520. The maximum absolute atomic E-state index is 11.6. The van der Waals surface area contributed by atoms with Crippen molar-refractivity contribution in [1.82, 2.24) is 9.80 Å². The number of hydrogen-bond acceptors (Lipinski definition) is 4. The highest BCUT2D eigenvalue weighted by Gasteiger charge is 2.21. The number of aliphatic hydroxyl groups excluding tert-OH is 1. The Labute approximate surface area is 132 Å². The van der Waals surface area contributed by atoms with Crippen LogP contribution < -0.4 is 4.74 Å². The monoisotopic (exact) mass is 306 g/mol. The van der Waals surface area contributed by atoms with Crippen LogP contribution in [0, 0.1) is 6.92 Å². The number of ether oxygens (including phenoxy) is 1. The van der Waals surface area contributed by atoms with Gasteiger partial charge >= 0.3 is 0 Å². The molecule has 0 aliphatic carbocycles. The van der Waals surface area contributed by atoms with Crippen molar-refractivity contribution in [3.8, 4) is 5.75 Å². The lowest BCUT2D eigenvalue weighted by Gasteiger charge is -2.35. The van der Waals surface area contributed by atoms with Crippen LogP contribution in [0.2, 0.25) is 0 Å². The van der Waals surface area contributed by atoms with Crippen molar-refractivity contribution in [2.24, 2.45) is 0 Å². The third-order valence-electron chi connectivity index (χ3n) is 3.93. The van der Waals surface area contributed by atoms with Gasteiger partial charge in [-0.05, 0) is 24.6 Å². The molecule has 0 radical (unpaired) electrons. The number of nitrogens with zero attached hydrogens (tertiary/aromatic N) is 2. The zero-order chi connectivity index (χ0) is 15.9. The molecule has 1 saturated heterocycles. The van der Waals surface area contributed by atoms with E-state index in [-0.39, 0.29) is 12.5 Å². The number of β-amino-alcohol motifs (C(OH)–C–C–N with tert-alkyl or cyclic N) is 1. The van der Waals surface area contributed by atoms with Crippen LogP contribution in [0.1, 0.15) is 18.9 Å². The van der Waals surface area contributed by atoms with Crippen LogP contribution >= 0.6 is 0 Å². The number of aliphatic hydroxyl groups is 1. The van der Waals surface area contributed by atoms with Gasteiger partial charge < -0.3 is 14.7 Å². The summed E-state index contributed by atoms with van der Waals surface area (Å²) in [6.45, 7) is 7.90. The number of piperazine rings is 1. The predicted molar refractivity (Wildman–Crippen MR) is 86.0 cm³/mol. The van der Waals surface area contributed by atoms with Crippen molar-refractivity contribution in [3.05, 3.63) is 29.8 Å². The van der Waals surface area contributed by atoms with Crippen LogP contribution in [0.4, 0.5) is 0 Å². The minimum absolute atomic E-state index is 0.211. The van der Waals surface area contributed by atoms with E-state index in [1.165, 1.54) is 0 Å². The molecule has 1 fully saturated rings. The second-order valence-electron chi connectivity index (χ2n) is 5.82. The fourth-order valence-corrected chi connectivity index (χ4v) is 2.65. The van der Waals surface area contributed by atoms with E-state index in [9.17, 15) is 9.90 Å². The summed E-state index contributed by atoms with van der Waals surface area (Å²) in [4.78, 5) is 15.7. The van der Waals surface area contributed by atoms with Gasteiger partial charge in [0.2, 0.25) is 5.91 Å². The van der Waals surface area contributed by atoms with Crippen LogP contribution in [-0.4, -0.2) is 66.2 Å². The summed E-state index contributed by atoms with van der Waals surface area (Å²) in [5.41, 5.74) is 1.14. The number of amides is 1. The van der Waals surface area contributed by atoms with E-state index in [0.717, 1.165) is 37.5 Å². The molecule has 1 aromatic carbocycles. The molecule has 0 saturated carbocycles. The normalized spacial score (nSPS) is 17.3. The van der Waals surface area contributed by atoms with Crippen molar-refractivity contribution in [3.63, 3.8) is 0 Å². The largest absolute Gasteiger partial charge is 0.491 e. The van der Waals surface area contributed by atoms with E-state index in [0.29, 0.717) is 13.0 Å². The summed E-state index contributed by atoms with van der Waals surface area (Å²) < 4.78 is 5.63. The molecular weight excluding hydrogens is 280 g/mol. The fourth-order valence-electron chi connectivity index (χ4n) is 2.65. The Balaban J connectivity index is 1.70. The summed E-state index contributed by atoms with van der Waals surface area (Å²) in [6, 6.07) is 7.82. The van der Waals surface area contributed by atoms with E-state index < -0.39 is 6.10 Å². The number of aryl methyl sites for hydroxylation is 1. The molecule has 5 heteroatoms. The van der Waals surface area contributed by atoms with Gasteiger partial charge in [0.05, 0.1) is 0 Å². The first kappa shape index (κ1) is 16.8. The van der Waals surface area contributed by atoms with E-state index in [1.807, 2.05) is 43.0 Å². The molecule has 22 heavy (non-hydrogen) atoms. The molecule has 1 heterocycles. The second kappa shape index (κ2) is 8.15. The number of rotatable bonds is 6. The number of hydrogen-bond donors (Lipinski definition) is 1. The Hall–Kier alpha value is -1.59. The standard InChI is InChI=1S/C17H26N2O3/c1-3-17(21)19-9-7-18(8-10-19)12-15(20)13-22-16-6-4-5-14(2)11-16/h4-6,11,15,20H,3,7-10,12-13H2,1-2H3. The Kier molecular flexibility index (Phi) is 6.21. The van der Waals surface area contributed by atoms with Gasteiger partial charge in [-0.25, -0.2) is 0 Å². The molecule has 1 N–H and O–H groups in total. The third kappa shape index (κ3) is 5.00.